The van der Waals surface area contributed by atoms with Gasteiger partial charge in [-0.05, 0) is 38.3 Å². The van der Waals surface area contributed by atoms with Crippen molar-refractivity contribution in [3.63, 3.8) is 0 Å². The minimum Gasteiger partial charge on any atom is -0.444 e. The van der Waals surface area contributed by atoms with E-state index in [0.29, 0.717) is 12.6 Å². The largest absolute Gasteiger partial charge is 0.444 e. The van der Waals surface area contributed by atoms with Gasteiger partial charge in [-0.1, -0.05) is 24.3 Å². The van der Waals surface area contributed by atoms with Gasteiger partial charge in [0.15, 0.2) is 0 Å². The minimum absolute atomic E-state index is 0.389. The Balaban J connectivity index is 1.86. The van der Waals surface area contributed by atoms with Gasteiger partial charge in [0.2, 0.25) is 0 Å². The average Bonchev–Trinajstić information content (AvgIpc) is 2.95. The smallest absolute Gasteiger partial charge is 0.407 e. The number of alkyl carbamates (subject to hydrolysis) is 1. The quantitative estimate of drug-likeness (QED) is 0.878. The highest BCUT2D eigenvalue weighted by Crippen LogP contribution is 2.12. The van der Waals surface area contributed by atoms with Crippen LogP contribution in [0.2, 0.25) is 0 Å². The first kappa shape index (κ1) is 16.8. The van der Waals surface area contributed by atoms with Gasteiger partial charge in [0, 0.05) is 25.7 Å². The minimum atomic E-state index is -0.479. The Kier molecular flexibility index (Phi) is 5.80. The molecule has 1 fully saturated rings. The molecule has 1 unspecified atom stereocenters. The molecule has 1 aliphatic heterocycles. The van der Waals surface area contributed by atoms with E-state index in [9.17, 15) is 4.79 Å². The Hall–Kier alpha value is -1.59. The third kappa shape index (κ3) is 5.66. The lowest BCUT2D eigenvalue weighted by Crippen LogP contribution is -2.33. The summed E-state index contributed by atoms with van der Waals surface area (Å²) in [6, 6.07) is 8.52. The van der Waals surface area contributed by atoms with E-state index < -0.39 is 5.60 Å². The second kappa shape index (κ2) is 7.61. The summed E-state index contributed by atoms with van der Waals surface area (Å²) in [6.07, 6.45) is 0.665. The first-order chi connectivity index (χ1) is 10.4. The molecule has 0 spiro atoms. The van der Waals surface area contributed by atoms with Crippen LogP contribution in [-0.2, 0) is 22.6 Å². The molecule has 1 heterocycles. The van der Waals surface area contributed by atoms with Crippen LogP contribution >= 0.6 is 0 Å². The molecule has 5 nitrogen and oxygen atoms in total. The van der Waals surface area contributed by atoms with Crippen LogP contribution in [0.5, 0.6) is 0 Å². The predicted molar refractivity (Wildman–Crippen MR) is 85.6 cm³/mol. The lowest BCUT2D eigenvalue weighted by Gasteiger charge is -2.20. The molecule has 2 rings (SSSR count). The number of amides is 1. The molecule has 0 aromatic heterocycles. The van der Waals surface area contributed by atoms with Crippen LogP contribution in [0.4, 0.5) is 4.79 Å². The van der Waals surface area contributed by atoms with Crippen molar-refractivity contribution in [3.05, 3.63) is 35.4 Å². The normalized spacial score (nSPS) is 18.2. The van der Waals surface area contributed by atoms with Crippen LogP contribution in [0.15, 0.2) is 24.3 Å². The Bertz CT molecular complexity index is 491. The van der Waals surface area contributed by atoms with Crippen LogP contribution < -0.4 is 10.6 Å². The summed E-state index contributed by atoms with van der Waals surface area (Å²) in [4.78, 5) is 11.7. The topological polar surface area (TPSA) is 59.6 Å². The molecule has 0 bridgehead atoms. The van der Waals surface area contributed by atoms with Gasteiger partial charge >= 0.3 is 6.09 Å². The number of hydrogen-bond acceptors (Lipinski definition) is 4. The molecule has 1 aromatic rings. The zero-order valence-corrected chi connectivity index (χ0v) is 13.6. The molecule has 2 N–H and O–H groups in total. The summed E-state index contributed by atoms with van der Waals surface area (Å²) in [6.45, 7) is 8.42. The molecule has 122 valence electrons. The molecule has 1 atom stereocenters. The molecular weight excluding hydrogens is 280 g/mol. The molecule has 0 aliphatic carbocycles. The molecule has 5 heteroatoms. The van der Waals surface area contributed by atoms with E-state index >= 15 is 0 Å². The van der Waals surface area contributed by atoms with Gasteiger partial charge < -0.3 is 20.1 Å². The third-order valence-corrected chi connectivity index (χ3v) is 3.45. The van der Waals surface area contributed by atoms with Gasteiger partial charge in [-0.2, -0.15) is 0 Å². The predicted octanol–water partition coefficient (Wildman–Crippen LogP) is 2.59. The van der Waals surface area contributed by atoms with E-state index in [4.69, 9.17) is 9.47 Å². The van der Waals surface area contributed by atoms with Crippen LogP contribution in [0.25, 0.3) is 0 Å². The monoisotopic (exact) mass is 306 g/mol. The summed E-state index contributed by atoms with van der Waals surface area (Å²) < 4.78 is 10.6. The fourth-order valence-electron chi connectivity index (χ4n) is 2.33. The number of carbonyl (C=O) groups is 1. The zero-order chi connectivity index (χ0) is 16.0. The van der Waals surface area contributed by atoms with Crippen molar-refractivity contribution < 1.29 is 14.3 Å². The number of hydrogen-bond donors (Lipinski definition) is 2. The SMILES string of the molecule is CC(C)(C)OC(=O)NCc1ccccc1CNC1CCOC1. The summed E-state index contributed by atoms with van der Waals surface area (Å²) >= 11 is 0. The first-order valence-electron chi connectivity index (χ1n) is 7.79. The number of ether oxygens (including phenoxy) is 2. The Morgan fingerprint density at radius 2 is 1.95 bits per heavy atom. The van der Waals surface area contributed by atoms with Crippen molar-refractivity contribution in [1.82, 2.24) is 10.6 Å². The van der Waals surface area contributed by atoms with E-state index in [1.54, 1.807) is 0 Å². The van der Waals surface area contributed by atoms with Gasteiger partial charge in [0.05, 0.1) is 6.61 Å². The van der Waals surface area contributed by atoms with E-state index in [2.05, 4.69) is 16.7 Å². The Labute approximate surface area is 132 Å². The van der Waals surface area contributed by atoms with E-state index in [1.807, 2.05) is 39.0 Å². The highest BCUT2D eigenvalue weighted by molar-refractivity contribution is 5.67. The van der Waals surface area contributed by atoms with Crippen molar-refractivity contribution in [3.8, 4) is 0 Å². The molecule has 0 saturated carbocycles. The van der Waals surface area contributed by atoms with Gasteiger partial charge in [-0.15, -0.1) is 0 Å². The maximum Gasteiger partial charge on any atom is 0.407 e. The Morgan fingerprint density at radius 1 is 1.27 bits per heavy atom. The number of carbonyl (C=O) groups excluding carboxylic acids is 1. The summed E-state index contributed by atoms with van der Waals surface area (Å²) in [5.74, 6) is 0. The van der Waals surface area contributed by atoms with Crippen molar-refractivity contribution in [1.29, 1.82) is 0 Å². The lowest BCUT2D eigenvalue weighted by molar-refractivity contribution is 0.0523. The summed E-state index contributed by atoms with van der Waals surface area (Å²) in [7, 11) is 0. The van der Waals surface area contributed by atoms with Crippen LogP contribution in [0, 0.1) is 0 Å². The maximum atomic E-state index is 11.7. The van der Waals surface area contributed by atoms with E-state index in [1.165, 1.54) is 5.56 Å². The van der Waals surface area contributed by atoms with Crippen molar-refractivity contribution in [2.75, 3.05) is 13.2 Å². The number of benzene rings is 1. The molecule has 0 radical (unpaired) electrons. The molecular formula is C17H26N2O3. The van der Waals surface area contributed by atoms with Crippen molar-refractivity contribution >= 4 is 6.09 Å². The van der Waals surface area contributed by atoms with Crippen LogP contribution in [0.3, 0.4) is 0 Å². The molecule has 22 heavy (non-hydrogen) atoms. The maximum absolute atomic E-state index is 11.7. The van der Waals surface area contributed by atoms with Gasteiger partial charge in [0.1, 0.15) is 5.60 Å². The second-order valence-corrected chi connectivity index (χ2v) is 6.57. The summed E-state index contributed by atoms with van der Waals surface area (Å²) in [5, 5.41) is 6.31. The summed E-state index contributed by atoms with van der Waals surface area (Å²) in [5.41, 5.74) is 1.80. The Morgan fingerprint density at radius 3 is 2.55 bits per heavy atom. The highest BCUT2D eigenvalue weighted by Gasteiger charge is 2.17. The van der Waals surface area contributed by atoms with Crippen molar-refractivity contribution in [2.45, 2.75) is 51.9 Å². The third-order valence-electron chi connectivity index (χ3n) is 3.45. The average molecular weight is 306 g/mol. The zero-order valence-electron chi connectivity index (χ0n) is 13.6. The first-order valence-corrected chi connectivity index (χ1v) is 7.79. The second-order valence-electron chi connectivity index (χ2n) is 6.57. The number of nitrogens with one attached hydrogen (secondary N) is 2. The fraction of sp³-hybridized carbons (Fsp3) is 0.588. The fourth-order valence-corrected chi connectivity index (χ4v) is 2.33. The van der Waals surface area contributed by atoms with Gasteiger partial charge in [0.25, 0.3) is 0 Å². The van der Waals surface area contributed by atoms with E-state index in [0.717, 1.165) is 31.7 Å². The molecule has 1 amide bonds. The van der Waals surface area contributed by atoms with Gasteiger partial charge in [-0.3, -0.25) is 0 Å². The number of rotatable bonds is 5. The lowest BCUT2D eigenvalue weighted by atomic mass is 10.1. The van der Waals surface area contributed by atoms with Crippen LogP contribution in [0.1, 0.15) is 38.3 Å². The molecule has 1 aliphatic rings. The molecule has 1 aromatic carbocycles. The highest BCUT2D eigenvalue weighted by atomic mass is 16.6. The van der Waals surface area contributed by atoms with Crippen molar-refractivity contribution in [2.24, 2.45) is 0 Å². The van der Waals surface area contributed by atoms with Crippen LogP contribution in [-0.4, -0.2) is 30.9 Å². The standard InChI is InChI=1S/C17H26N2O3/c1-17(2,3)22-16(20)19-11-14-7-5-4-6-13(14)10-18-15-8-9-21-12-15/h4-7,15,18H,8-12H2,1-3H3,(H,19,20). The molecule has 1 saturated heterocycles. The van der Waals surface area contributed by atoms with Gasteiger partial charge in [-0.25, -0.2) is 4.79 Å². The van der Waals surface area contributed by atoms with E-state index in [-0.39, 0.29) is 6.09 Å².